The maximum absolute atomic E-state index is 13.1. The van der Waals surface area contributed by atoms with Crippen molar-refractivity contribution in [2.45, 2.75) is 18.9 Å². The van der Waals surface area contributed by atoms with Crippen LogP contribution in [0.4, 0.5) is 0 Å². The summed E-state index contributed by atoms with van der Waals surface area (Å²) in [6.07, 6.45) is 0.161. The first-order chi connectivity index (χ1) is 19.6. The molecule has 1 aromatic rings. The molecule has 1 unspecified atom stereocenters. The molecule has 3 aliphatic heterocycles. The molecule has 13 nitrogen and oxygen atoms in total. The van der Waals surface area contributed by atoms with E-state index < -0.39 is 29.7 Å². The Bertz CT molecular complexity index is 1040. The van der Waals surface area contributed by atoms with Crippen LogP contribution in [0.3, 0.4) is 0 Å². The summed E-state index contributed by atoms with van der Waals surface area (Å²) in [7, 11) is 0. The van der Waals surface area contributed by atoms with Crippen LogP contribution in [0.25, 0.3) is 0 Å². The van der Waals surface area contributed by atoms with Gasteiger partial charge in [-0.05, 0) is 18.6 Å². The largest absolute Gasteiger partial charge is 0.490 e. The Hall–Kier alpha value is -2.36. The smallest absolute Gasteiger partial charge is 0.266 e. The van der Waals surface area contributed by atoms with E-state index in [2.05, 4.69) is 15.5 Å². The molecular weight excluding hydrogens is 595 g/mol. The summed E-state index contributed by atoms with van der Waals surface area (Å²) in [6.45, 7) is 9.09. The third-order valence-corrected chi connectivity index (χ3v) is 6.79. The fourth-order valence-corrected chi connectivity index (χ4v) is 4.70. The number of halogens is 2. The molecule has 0 radical (unpaired) electrons. The van der Waals surface area contributed by atoms with Gasteiger partial charge in [0.05, 0.1) is 64.0 Å². The molecule has 0 aromatic heterocycles. The number of fused-ring (bicyclic) bond motifs is 1. The van der Waals surface area contributed by atoms with Gasteiger partial charge in [0.1, 0.15) is 18.4 Å². The van der Waals surface area contributed by atoms with Crippen LogP contribution in [-0.2, 0) is 28.5 Å². The van der Waals surface area contributed by atoms with Crippen LogP contribution >= 0.6 is 24.8 Å². The monoisotopic (exact) mass is 634 g/mol. The quantitative estimate of drug-likeness (QED) is 0.180. The highest BCUT2D eigenvalue weighted by atomic mass is 35.5. The molecule has 0 aliphatic carbocycles. The third-order valence-electron chi connectivity index (χ3n) is 6.79. The topological polar surface area (TPSA) is 145 Å². The number of nitrogens with zero attached hydrogens (tertiary/aromatic N) is 2. The van der Waals surface area contributed by atoms with Gasteiger partial charge in [0.2, 0.25) is 11.8 Å². The maximum atomic E-state index is 13.1. The molecule has 2 N–H and O–H groups in total. The molecule has 0 spiro atoms. The predicted molar refractivity (Wildman–Crippen MR) is 156 cm³/mol. The Balaban J connectivity index is 0.00000308. The van der Waals surface area contributed by atoms with Crippen molar-refractivity contribution in [2.24, 2.45) is 0 Å². The van der Waals surface area contributed by atoms with Gasteiger partial charge in [-0.25, -0.2) is 0 Å². The first kappa shape index (κ1) is 35.8. The van der Waals surface area contributed by atoms with Crippen molar-refractivity contribution in [3.8, 4) is 5.75 Å². The highest BCUT2D eigenvalue weighted by Gasteiger charge is 2.45. The number of amides is 4. The fourth-order valence-electron chi connectivity index (χ4n) is 4.70. The van der Waals surface area contributed by atoms with Crippen LogP contribution < -0.4 is 15.4 Å². The molecule has 2 saturated heterocycles. The lowest BCUT2D eigenvalue weighted by Gasteiger charge is -2.27. The third kappa shape index (κ3) is 10.1. The summed E-state index contributed by atoms with van der Waals surface area (Å²) in [5, 5.41) is 5.51. The number of rotatable bonds is 17. The number of carbonyl (C=O) groups excluding carboxylic acids is 4. The van der Waals surface area contributed by atoms with Crippen molar-refractivity contribution >= 4 is 48.4 Å². The summed E-state index contributed by atoms with van der Waals surface area (Å²) in [4.78, 5) is 52.9. The summed E-state index contributed by atoms with van der Waals surface area (Å²) in [5.74, 6) is -2.01. The van der Waals surface area contributed by atoms with Crippen molar-refractivity contribution < 1.29 is 42.9 Å². The number of hydrogen-bond donors (Lipinski definition) is 2. The molecule has 2 fully saturated rings. The van der Waals surface area contributed by atoms with Crippen LogP contribution in [-0.4, -0.2) is 132 Å². The van der Waals surface area contributed by atoms with Crippen LogP contribution in [0.15, 0.2) is 18.2 Å². The minimum absolute atomic E-state index is 0. The van der Waals surface area contributed by atoms with E-state index in [0.29, 0.717) is 46.2 Å². The molecule has 0 bridgehead atoms. The van der Waals surface area contributed by atoms with Gasteiger partial charge in [-0.15, -0.1) is 24.8 Å². The Morgan fingerprint density at radius 2 is 1.36 bits per heavy atom. The minimum atomic E-state index is -1.02. The van der Waals surface area contributed by atoms with Crippen LogP contribution in [0, 0.1) is 0 Å². The number of piperidine rings is 1. The van der Waals surface area contributed by atoms with E-state index in [1.165, 1.54) is 6.07 Å². The Kier molecular flexibility index (Phi) is 16.2. The van der Waals surface area contributed by atoms with E-state index in [1.807, 2.05) is 0 Å². The van der Waals surface area contributed by atoms with E-state index in [1.54, 1.807) is 12.1 Å². The molecule has 236 valence electrons. The van der Waals surface area contributed by atoms with Gasteiger partial charge in [0.15, 0.2) is 0 Å². The first-order valence-corrected chi connectivity index (χ1v) is 13.8. The lowest BCUT2D eigenvalue weighted by atomic mass is 10.0. The number of piperazine rings is 1. The van der Waals surface area contributed by atoms with E-state index in [9.17, 15) is 19.2 Å². The average Bonchev–Trinajstić information content (AvgIpc) is 3.21. The number of benzene rings is 1. The van der Waals surface area contributed by atoms with Crippen LogP contribution in [0.1, 0.15) is 33.6 Å². The molecular formula is C27H40Cl2N4O9. The van der Waals surface area contributed by atoms with Crippen LogP contribution in [0.5, 0.6) is 5.75 Å². The van der Waals surface area contributed by atoms with E-state index in [-0.39, 0.29) is 67.7 Å². The standard InChI is InChI=1S/C27H38N4O9.2ClH/c32-23-5-4-21(25(33)29-23)31-26(34)20-2-1-3-22(24(20)27(31)35)40-19-18-39-17-16-38-15-14-37-13-12-36-11-10-30-8-6-28-7-9-30;;/h1-3,21,28H,4-19H2,(H,29,32,33);2*1H. The zero-order valence-corrected chi connectivity index (χ0v) is 25.1. The SMILES string of the molecule is Cl.Cl.O=C1CCC(N2C(=O)c3cccc(OCCOCCOCCOCCOCCN4CCNCC4)c3C2=O)C(=O)N1. The van der Waals surface area contributed by atoms with Gasteiger partial charge in [0, 0.05) is 39.1 Å². The molecule has 1 atom stereocenters. The second kappa shape index (κ2) is 19.0. The molecule has 0 saturated carbocycles. The Morgan fingerprint density at radius 3 is 1.98 bits per heavy atom. The number of nitrogens with one attached hydrogen (secondary N) is 2. The van der Waals surface area contributed by atoms with Crippen molar-refractivity contribution in [3.63, 3.8) is 0 Å². The molecule has 3 aliphatic rings. The van der Waals surface area contributed by atoms with Gasteiger partial charge in [-0.2, -0.15) is 0 Å². The summed E-state index contributed by atoms with van der Waals surface area (Å²) in [5.41, 5.74) is 0.288. The van der Waals surface area contributed by atoms with Crippen molar-refractivity contribution in [1.82, 2.24) is 20.4 Å². The Labute approximate surface area is 257 Å². The highest BCUT2D eigenvalue weighted by Crippen LogP contribution is 2.33. The van der Waals surface area contributed by atoms with Gasteiger partial charge >= 0.3 is 0 Å². The molecule has 1 aromatic carbocycles. The second-order valence-corrected chi connectivity index (χ2v) is 9.52. The summed E-state index contributed by atoms with van der Waals surface area (Å²) >= 11 is 0. The molecule has 4 rings (SSSR count). The first-order valence-electron chi connectivity index (χ1n) is 13.8. The molecule has 4 amide bonds. The zero-order chi connectivity index (χ0) is 28.2. The van der Waals surface area contributed by atoms with E-state index >= 15 is 0 Å². The number of carbonyl (C=O) groups is 4. The second-order valence-electron chi connectivity index (χ2n) is 9.52. The van der Waals surface area contributed by atoms with E-state index in [4.69, 9.17) is 23.7 Å². The van der Waals surface area contributed by atoms with E-state index in [0.717, 1.165) is 37.6 Å². The van der Waals surface area contributed by atoms with Crippen molar-refractivity contribution in [2.75, 3.05) is 92.2 Å². The lowest BCUT2D eigenvalue weighted by Crippen LogP contribution is -2.54. The van der Waals surface area contributed by atoms with Crippen LogP contribution in [0.2, 0.25) is 0 Å². The van der Waals surface area contributed by atoms with Crippen molar-refractivity contribution in [1.29, 1.82) is 0 Å². The van der Waals surface area contributed by atoms with Gasteiger partial charge < -0.3 is 29.0 Å². The van der Waals surface area contributed by atoms with Gasteiger partial charge in [-0.1, -0.05) is 6.07 Å². The highest BCUT2D eigenvalue weighted by molar-refractivity contribution is 6.24. The predicted octanol–water partition coefficient (Wildman–Crippen LogP) is 0.282. The number of hydrogen-bond acceptors (Lipinski definition) is 11. The normalized spacial score (nSPS) is 18.8. The number of ether oxygens (including phenoxy) is 5. The molecule has 42 heavy (non-hydrogen) atoms. The molecule has 15 heteroatoms. The number of imide groups is 2. The molecule has 3 heterocycles. The summed E-state index contributed by atoms with van der Waals surface area (Å²) in [6, 6.07) is 3.71. The van der Waals surface area contributed by atoms with Gasteiger partial charge in [0.25, 0.3) is 11.8 Å². The maximum Gasteiger partial charge on any atom is 0.266 e. The fraction of sp³-hybridized carbons (Fsp3) is 0.630. The summed E-state index contributed by atoms with van der Waals surface area (Å²) < 4.78 is 27.8. The lowest BCUT2D eigenvalue weighted by molar-refractivity contribution is -0.136. The average molecular weight is 636 g/mol. The minimum Gasteiger partial charge on any atom is -0.490 e. The van der Waals surface area contributed by atoms with Crippen molar-refractivity contribution in [3.05, 3.63) is 29.3 Å². The Morgan fingerprint density at radius 1 is 0.762 bits per heavy atom. The van der Waals surface area contributed by atoms with Gasteiger partial charge in [-0.3, -0.25) is 34.3 Å². The zero-order valence-electron chi connectivity index (χ0n) is 23.5.